The minimum absolute atomic E-state index is 0. The van der Waals surface area contributed by atoms with Gasteiger partial charge in [0.1, 0.15) is 5.15 Å². The molecule has 56 valence electrons. The smallest absolute Gasteiger partial charge is 1.00 e. The normalized spacial score (nSPS) is 8.55. The number of nitrogens with two attached hydrogens (primary N) is 1. The quantitative estimate of drug-likeness (QED) is 0.398. The van der Waals surface area contributed by atoms with Crippen molar-refractivity contribution in [3.05, 3.63) is 11.2 Å². The summed E-state index contributed by atoms with van der Waals surface area (Å²) in [6, 6.07) is 1.48. The van der Waals surface area contributed by atoms with Crippen LogP contribution < -0.4 is 40.0 Å². The molecule has 0 aliphatic heterocycles. The number of hydrogen-bond donors (Lipinski definition) is 1. The van der Waals surface area contributed by atoms with Crippen LogP contribution in [0.1, 0.15) is 1.43 Å². The maximum atomic E-state index is 5.52. The van der Waals surface area contributed by atoms with Gasteiger partial charge in [-0.2, -0.15) is 4.98 Å². The van der Waals surface area contributed by atoms with Crippen LogP contribution in [0.3, 0.4) is 0 Å². The van der Waals surface area contributed by atoms with Gasteiger partial charge >= 0.3 is 29.6 Å². The Balaban J connectivity index is 0. The molecule has 0 radical (unpaired) electrons. The van der Waals surface area contributed by atoms with Crippen LogP contribution in [0, 0.1) is 0 Å². The number of methoxy groups -OCH3 is 1. The van der Waals surface area contributed by atoms with Gasteiger partial charge in [0, 0.05) is 6.07 Å². The largest absolute Gasteiger partial charge is 1.00 e. The van der Waals surface area contributed by atoms with Crippen LogP contribution in [0.2, 0.25) is 5.15 Å². The number of rotatable bonds is 1. The summed E-state index contributed by atoms with van der Waals surface area (Å²) in [6.07, 6.45) is 0. The summed E-state index contributed by atoms with van der Waals surface area (Å²) in [5, 5.41) is 0.282. The van der Waals surface area contributed by atoms with Crippen LogP contribution in [-0.4, -0.2) is 17.1 Å². The van der Waals surface area contributed by atoms with E-state index in [0.717, 1.165) is 0 Å². The van der Waals surface area contributed by atoms with E-state index >= 15 is 0 Å². The van der Waals surface area contributed by atoms with E-state index in [0.29, 0.717) is 5.88 Å². The molecule has 0 saturated carbocycles. The molecular formula is C5H7ClN3NaO. The molecule has 6 heteroatoms. The fourth-order valence-electron chi connectivity index (χ4n) is 0.518. The van der Waals surface area contributed by atoms with Crippen molar-refractivity contribution < 1.29 is 35.7 Å². The molecule has 0 amide bonds. The van der Waals surface area contributed by atoms with Crippen molar-refractivity contribution in [2.24, 2.45) is 0 Å². The van der Waals surface area contributed by atoms with E-state index < -0.39 is 0 Å². The SMILES string of the molecule is COc1cc(Cl)nc(N)n1.[H-].[Na+]. The van der Waals surface area contributed by atoms with Gasteiger partial charge in [-0.3, -0.25) is 0 Å². The molecule has 11 heavy (non-hydrogen) atoms. The number of halogens is 1. The fourth-order valence-corrected chi connectivity index (χ4v) is 0.698. The molecule has 0 atom stereocenters. The topological polar surface area (TPSA) is 61.0 Å². The summed E-state index contributed by atoms with van der Waals surface area (Å²) in [5.74, 6) is 0.488. The van der Waals surface area contributed by atoms with Gasteiger partial charge < -0.3 is 11.9 Å². The van der Waals surface area contributed by atoms with Crippen molar-refractivity contribution in [3.8, 4) is 5.88 Å². The molecule has 0 unspecified atom stereocenters. The maximum Gasteiger partial charge on any atom is 1.00 e. The second kappa shape index (κ2) is 4.77. The zero-order valence-electron chi connectivity index (χ0n) is 7.34. The van der Waals surface area contributed by atoms with Crippen molar-refractivity contribution in [2.45, 2.75) is 0 Å². The fraction of sp³-hybridized carbons (Fsp3) is 0.200. The average Bonchev–Trinajstić information content (AvgIpc) is 1.85. The van der Waals surface area contributed by atoms with Crippen LogP contribution >= 0.6 is 11.6 Å². The third-order valence-electron chi connectivity index (χ3n) is 0.898. The van der Waals surface area contributed by atoms with Gasteiger partial charge in [-0.15, -0.1) is 0 Å². The Labute approximate surface area is 92.9 Å². The van der Waals surface area contributed by atoms with Gasteiger partial charge in [0.15, 0.2) is 0 Å². The summed E-state index contributed by atoms with van der Waals surface area (Å²) >= 11 is 5.52. The Kier molecular flexibility index (Phi) is 4.76. The molecule has 0 spiro atoms. The van der Waals surface area contributed by atoms with Gasteiger partial charge in [-0.05, 0) is 0 Å². The average molecular weight is 184 g/mol. The minimum atomic E-state index is 0. The molecule has 2 N–H and O–H groups in total. The number of aromatic nitrogens is 2. The van der Waals surface area contributed by atoms with Crippen LogP contribution in [0.5, 0.6) is 5.88 Å². The first-order chi connectivity index (χ1) is 4.72. The van der Waals surface area contributed by atoms with E-state index in [1.54, 1.807) is 0 Å². The monoisotopic (exact) mass is 183 g/mol. The van der Waals surface area contributed by atoms with Crippen molar-refractivity contribution in [2.75, 3.05) is 12.8 Å². The van der Waals surface area contributed by atoms with Gasteiger partial charge in [-0.25, -0.2) is 4.98 Å². The van der Waals surface area contributed by atoms with Crippen LogP contribution in [0.15, 0.2) is 6.07 Å². The van der Waals surface area contributed by atoms with E-state index in [1.165, 1.54) is 13.2 Å². The number of ether oxygens (including phenoxy) is 1. The number of nitrogens with zero attached hydrogens (tertiary/aromatic N) is 2. The molecule has 0 aliphatic carbocycles. The summed E-state index contributed by atoms with van der Waals surface area (Å²) < 4.78 is 4.76. The van der Waals surface area contributed by atoms with Gasteiger partial charge in [-0.1, -0.05) is 11.6 Å². The molecule has 1 aromatic heterocycles. The summed E-state index contributed by atoms with van der Waals surface area (Å²) in [7, 11) is 1.48. The molecule has 0 aliphatic rings. The molecule has 0 saturated heterocycles. The molecule has 1 rings (SSSR count). The van der Waals surface area contributed by atoms with Crippen LogP contribution in [0.4, 0.5) is 5.95 Å². The molecule has 0 aromatic carbocycles. The standard InChI is InChI=1S/C5H6ClN3O.Na.H/c1-10-4-2-3(6)8-5(7)9-4;;/h2H,1H3,(H2,7,8,9);;/q;+1;-1. The van der Waals surface area contributed by atoms with Gasteiger partial charge in [0.2, 0.25) is 11.8 Å². The van der Waals surface area contributed by atoms with Crippen molar-refractivity contribution in [3.63, 3.8) is 0 Å². The van der Waals surface area contributed by atoms with E-state index in [4.69, 9.17) is 22.1 Å². The third kappa shape index (κ3) is 3.25. The number of nitrogen functional groups attached to an aromatic ring is 1. The Hall–Kier alpha value is -0.0300. The van der Waals surface area contributed by atoms with Gasteiger partial charge in [0.25, 0.3) is 0 Å². The van der Waals surface area contributed by atoms with Crippen molar-refractivity contribution >= 4 is 17.5 Å². The molecule has 0 bridgehead atoms. The van der Waals surface area contributed by atoms with Crippen molar-refractivity contribution in [1.29, 1.82) is 0 Å². The Morgan fingerprint density at radius 3 is 2.73 bits per heavy atom. The molecule has 4 nitrogen and oxygen atoms in total. The first-order valence-electron chi connectivity index (χ1n) is 2.56. The van der Waals surface area contributed by atoms with E-state index in [9.17, 15) is 0 Å². The summed E-state index contributed by atoms with van der Waals surface area (Å²) in [4.78, 5) is 7.35. The predicted octanol–water partition coefficient (Wildman–Crippen LogP) is -2.16. The Bertz CT molecular complexity index is 230. The molecule has 0 fully saturated rings. The van der Waals surface area contributed by atoms with E-state index in [-0.39, 0.29) is 42.1 Å². The van der Waals surface area contributed by atoms with E-state index in [2.05, 4.69) is 9.97 Å². The number of anilines is 1. The van der Waals surface area contributed by atoms with Crippen molar-refractivity contribution in [1.82, 2.24) is 9.97 Å². The first-order valence-corrected chi connectivity index (χ1v) is 2.94. The summed E-state index contributed by atoms with van der Waals surface area (Å²) in [6.45, 7) is 0. The summed E-state index contributed by atoms with van der Waals surface area (Å²) in [5.41, 5.74) is 5.25. The Morgan fingerprint density at radius 2 is 2.27 bits per heavy atom. The Morgan fingerprint density at radius 1 is 1.64 bits per heavy atom. The van der Waals surface area contributed by atoms with Crippen LogP contribution in [0.25, 0.3) is 0 Å². The molecule has 1 aromatic rings. The predicted molar refractivity (Wildman–Crippen MR) is 39.1 cm³/mol. The number of hydrogen-bond acceptors (Lipinski definition) is 4. The second-order valence-corrected chi connectivity index (χ2v) is 1.98. The van der Waals surface area contributed by atoms with Crippen LogP contribution in [-0.2, 0) is 0 Å². The maximum absolute atomic E-state index is 5.52. The van der Waals surface area contributed by atoms with E-state index in [1.807, 2.05) is 0 Å². The second-order valence-electron chi connectivity index (χ2n) is 1.59. The zero-order chi connectivity index (χ0) is 7.56. The minimum Gasteiger partial charge on any atom is -1.00 e. The third-order valence-corrected chi connectivity index (χ3v) is 1.09. The van der Waals surface area contributed by atoms with Gasteiger partial charge in [0.05, 0.1) is 7.11 Å². The molecule has 1 heterocycles. The molecular weight excluding hydrogens is 177 g/mol. The zero-order valence-corrected chi connectivity index (χ0v) is 9.09. The first kappa shape index (κ1) is 11.0.